The van der Waals surface area contributed by atoms with Crippen LogP contribution in [0.2, 0.25) is 0 Å². The zero-order valence-electron chi connectivity index (χ0n) is 18.1. The molecule has 0 unspecified atom stereocenters. The number of hydrogen-bond acceptors (Lipinski definition) is 3. The lowest BCUT2D eigenvalue weighted by molar-refractivity contribution is -0.133. The summed E-state index contributed by atoms with van der Waals surface area (Å²) in [7, 11) is 1.79. The fourth-order valence-corrected chi connectivity index (χ4v) is 4.25. The minimum Gasteiger partial charge on any atom is -0.341 e. The Kier molecular flexibility index (Phi) is 6.01. The van der Waals surface area contributed by atoms with E-state index >= 15 is 0 Å². The van der Waals surface area contributed by atoms with Gasteiger partial charge in [-0.2, -0.15) is 0 Å². The highest BCUT2D eigenvalue weighted by Crippen LogP contribution is 2.35. The first-order valence-electron chi connectivity index (χ1n) is 10.6. The van der Waals surface area contributed by atoms with Crippen LogP contribution < -0.4 is 5.32 Å². The molecule has 1 aromatic rings. The maximum Gasteiger partial charge on any atom is 0.325 e. The van der Waals surface area contributed by atoms with Crippen LogP contribution in [0.25, 0.3) is 0 Å². The van der Waals surface area contributed by atoms with Crippen molar-refractivity contribution in [2.75, 3.05) is 13.6 Å². The monoisotopic (exact) mass is 399 g/mol. The van der Waals surface area contributed by atoms with E-state index < -0.39 is 5.54 Å². The molecule has 0 radical (unpaired) electrons. The summed E-state index contributed by atoms with van der Waals surface area (Å²) in [6, 6.07) is 8.06. The minimum absolute atomic E-state index is 0.0209. The van der Waals surface area contributed by atoms with Crippen molar-refractivity contribution >= 4 is 17.8 Å². The number of benzene rings is 1. The smallest absolute Gasteiger partial charge is 0.325 e. The van der Waals surface area contributed by atoms with E-state index in [9.17, 15) is 14.4 Å². The highest BCUT2D eigenvalue weighted by molar-refractivity contribution is 6.07. The number of nitrogens with zero attached hydrogens (tertiary/aromatic N) is 2. The molecule has 29 heavy (non-hydrogen) atoms. The van der Waals surface area contributed by atoms with E-state index in [1.54, 1.807) is 11.9 Å². The molecule has 1 spiro atoms. The number of carbonyl (C=O) groups is 3. The molecular weight excluding hydrogens is 366 g/mol. The lowest BCUT2D eigenvalue weighted by Gasteiger charge is -2.21. The van der Waals surface area contributed by atoms with E-state index in [4.69, 9.17) is 0 Å². The molecule has 1 aliphatic carbocycles. The van der Waals surface area contributed by atoms with Crippen molar-refractivity contribution in [1.29, 1.82) is 0 Å². The van der Waals surface area contributed by atoms with Crippen LogP contribution in [0.15, 0.2) is 24.3 Å². The van der Waals surface area contributed by atoms with Crippen LogP contribution in [0.4, 0.5) is 4.79 Å². The Hall–Kier alpha value is -2.37. The first-order valence-corrected chi connectivity index (χ1v) is 10.6. The zero-order chi connectivity index (χ0) is 21.2. The molecule has 4 amide bonds. The molecule has 3 rings (SSSR count). The van der Waals surface area contributed by atoms with Gasteiger partial charge in [-0.05, 0) is 35.8 Å². The molecule has 2 fully saturated rings. The predicted octanol–water partition coefficient (Wildman–Crippen LogP) is 3.59. The average molecular weight is 400 g/mol. The molecule has 0 atom stereocenters. The van der Waals surface area contributed by atoms with E-state index in [0.29, 0.717) is 25.9 Å². The second-order valence-corrected chi connectivity index (χ2v) is 9.48. The molecule has 0 bridgehead atoms. The van der Waals surface area contributed by atoms with Crippen molar-refractivity contribution in [3.8, 4) is 0 Å². The number of amides is 4. The number of hydrogen-bond donors (Lipinski definition) is 1. The van der Waals surface area contributed by atoms with Gasteiger partial charge in [0.05, 0.1) is 0 Å². The van der Waals surface area contributed by atoms with Gasteiger partial charge in [-0.15, -0.1) is 0 Å². The molecule has 2 aliphatic rings. The summed E-state index contributed by atoms with van der Waals surface area (Å²) in [6.45, 7) is 7.38. The van der Waals surface area contributed by atoms with Gasteiger partial charge in [0, 0.05) is 26.6 Å². The maximum absolute atomic E-state index is 12.6. The fourth-order valence-electron chi connectivity index (χ4n) is 4.25. The summed E-state index contributed by atoms with van der Waals surface area (Å²) in [5, 5.41) is 2.88. The lowest BCUT2D eigenvalue weighted by Crippen LogP contribution is -2.44. The number of carbonyl (C=O) groups excluding carboxylic acids is 3. The van der Waals surface area contributed by atoms with E-state index in [2.05, 4.69) is 50.4 Å². The number of rotatable bonds is 6. The zero-order valence-corrected chi connectivity index (χ0v) is 18.1. The maximum atomic E-state index is 12.6. The van der Waals surface area contributed by atoms with E-state index in [1.807, 2.05) is 0 Å². The summed E-state index contributed by atoms with van der Waals surface area (Å²) < 4.78 is 0. The van der Waals surface area contributed by atoms with Gasteiger partial charge in [-0.3, -0.25) is 14.5 Å². The van der Waals surface area contributed by atoms with Crippen LogP contribution in [-0.4, -0.2) is 46.8 Å². The fraction of sp³-hybridized carbons (Fsp3) is 0.609. The molecule has 1 aromatic carbocycles. The van der Waals surface area contributed by atoms with E-state index in [1.165, 1.54) is 10.5 Å². The second kappa shape index (κ2) is 8.17. The summed E-state index contributed by atoms with van der Waals surface area (Å²) in [5.41, 5.74) is 1.79. The second-order valence-electron chi connectivity index (χ2n) is 9.48. The summed E-state index contributed by atoms with van der Waals surface area (Å²) in [4.78, 5) is 40.3. The topological polar surface area (TPSA) is 69.7 Å². The van der Waals surface area contributed by atoms with Gasteiger partial charge in [0.15, 0.2) is 0 Å². The summed E-state index contributed by atoms with van der Waals surface area (Å²) in [6.07, 6.45) is 4.20. The Bertz CT molecular complexity index is 774. The van der Waals surface area contributed by atoms with Crippen molar-refractivity contribution in [3.05, 3.63) is 35.4 Å². The Morgan fingerprint density at radius 2 is 1.76 bits per heavy atom. The van der Waals surface area contributed by atoms with Gasteiger partial charge in [0.25, 0.3) is 5.91 Å². The Balaban J connectivity index is 1.47. The van der Waals surface area contributed by atoms with Gasteiger partial charge < -0.3 is 10.2 Å². The highest BCUT2D eigenvalue weighted by atomic mass is 16.2. The van der Waals surface area contributed by atoms with Crippen molar-refractivity contribution < 1.29 is 14.4 Å². The molecular formula is C23H33N3O3. The van der Waals surface area contributed by atoms with Gasteiger partial charge in [0.2, 0.25) is 5.91 Å². The van der Waals surface area contributed by atoms with Crippen LogP contribution in [0.3, 0.4) is 0 Å². The van der Waals surface area contributed by atoms with Gasteiger partial charge in [-0.1, -0.05) is 57.9 Å². The van der Waals surface area contributed by atoms with Gasteiger partial charge in [0.1, 0.15) is 5.54 Å². The van der Waals surface area contributed by atoms with Crippen LogP contribution in [-0.2, 0) is 21.5 Å². The summed E-state index contributed by atoms with van der Waals surface area (Å²) >= 11 is 0. The minimum atomic E-state index is -0.670. The third kappa shape index (κ3) is 4.62. The standard InChI is InChI=1S/C23H33N3O3/c1-22(2,3)18-11-9-17(10-12-18)16-25(4)19(27)8-7-15-26-20(28)23(24-21(26)29)13-5-6-14-23/h9-12H,5-8,13-16H2,1-4H3,(H,24,29). The lowest BCUT2D eigenvalue weighted by atomic mass is 9.87. The Morgan fingerprint density at radius 1 is 1.14 bits per heavy atom. The third-order valence-electron chi connectivity index (χ3n) is 6.14. The SMILES string of the molecule is CN(Cc1ccc(C(C)(C)C)cc1)C(=O)CCCN1C(=O)NC2(CCCC2)C1=O. The first kappa shape index (κ1) is 21.3. The molecule has 1 saturated heterocycles. The normalized spacial score (nSPS) is 18.4. The Morgan fingerprint density at radius 3 is 2.34 bits per heavy atom. The molecule has 6 nitrogen and oxygen atoms in total. The average Bonchev–Trinajstić information content (AvgIpc) is 3.21. The molecule has 1 aliphatic heterocycles. The van der Waals surface area contributed by atoms with Crippen LogP contribution in [0.1, 0.15) is 70.4 Å². The summed E-state index contributed by atoms with van der Waals surface area (Å²) in [5.74, 6) is -0.0905. The molecule has 1 heterocycles. The van der Waals surface area contributed by atoms with Crippen molar-refractivity contribution in [3.63, 3.8) is 0 Å². The van der Waals surface area contributed by atoms with Crippen LogP contribution in [0, 0.1) is 0 Å². The van der Waals surface area contributed by atoms with Gasteiger partial charge >= 0.3 is 6.03 Å². The van der Waals surface area contributed by atoms with Crippen molar-refractivity contribution in [2.24, 2.45) is 0 Å². The number of imide groups is 1. The van der Waals surface area contributed by atoms with E-state index in [-0.39, 0.29) is 23.3 Å². The van der Waals surface area contributed by atoms with Gasteiger partial charge in [-0.25, -0.2) is 4.79 Å². The molecule has 6 heteroatoms. The quantitative estimate of drug-likeness (QED) is 0.743. The first-order chi connectivity index (χ1) is 13.6. The largest absolute Gasteiger partial charge is 0.341 e. The highest BCUT2D eigenvalue weighted by Gasteiger charge is 2.52. The number of urea groups is 1. The van der Waals surface area contributed by atoms with Crippen molar-refractivity contribution in [2.45, 2.75) is 76.8 Å². The van der Waals surface area contributed by atoms with Crippen molar-refractivity contribution in [1.82, 2.24) is 15.1 Å². The molecule has 0 aromatic heterocycles. The van der Waals surface area contributed by atoms with Crippen LogP contribution in [0.5, 0.6) is 0 Å². The molecule has 1 N–H and O–H groups in total. The molecule has 1 saturated carbocycles. The third-order valence-corrected chi connectivity index (χ3v) is 6.14. The van der Waals surface area contributed by atoms with E-state index in [0.717, 1.165) is 31.2 Å². The van der Waals surface area contributed by atoms with Crippen LogP contribution >= 0.6 is 0 Å². The predicted molar refractivity (Wildman–Crippen MR) is 112 cm³/mol. The number of nitrogens with one attached hydrogen (secondary N) is 1. The Labute approximate surface area is 173 Å². The molecule has 158 valence electrons.